The molecule has 184 valence electrons. The second-order valence-electron chi connectivity index (χ2n) is 9.50. The van der Waals surface area contributed by atoms with Crippen LogP contribution in [-0.4, -0.2) is 49.5 Å². The number of nitrogens with zero attached hydrogens (tertiary/aromatic N) is 3. The lowest BCUT2D eigenvalue weighted by Crippen LogP contribution is -2.35. The van der Waals surface area contributed by atoms with Gasteiger partial charge in [0.25, 0.3) is 0 Å². The molecule has 0 unspecified atom stereocenters. The van der Waals surface area contributed by atoms with Gasteiger partial charge in [0.2, 0.25) is 0 Å². The van der Waals surface area contributed by atoms with Gasteiger partial charge in [-0.1, -0.05) is 13.0 Å². The van der Waals surface area contributed by atoms with Crippen LogP contribution in [-0.2, 0) is 22.8 Å². The van der Waals surface area contributed by atoms with Crippen molar-refractivity contribution < 1.29 is 17.6 Å². The van der Waals surface area contributed by atoms with Crippen molar-refractivity contribution in [3.63, 3.8) is 0 Å². The van der Waals surface area contributed by atoms with Gasteiger partial charge in [-0.15, -0.1) is 0 Å². The first kappa shape index (κ1) is 24.4. The summed E-state index contributed by atoms with van der Waals surface area (Å²) in [4.78, 5) is 23.7. The first-order valence-electron chi connectivity index (χ1n) is 11.8. The number of aromatic nitrogens is 2. The number of sulfone groups is 1. The summed E-state index contributed by atoms with van der Waals surface area (Å²) in [5, 5.41) is 5.43. The second kappa shape index (κ2) is 10.2. The molecule has 2 N–H and O–H groups in total. The number of anilines is 2. The maximum atomic E-state index is 14.3. The molecule has 2 aromatic rings. The third kappa shape index (κ3) is 6.65. The normalized spacial score (nSPS) is 17.0. The second-order valence-corrected chi connectivity index (χ2v) is 11.8. The van der Waals surface area contributed by atoms with E-state index in [1.54, 1.807) is 0 Å². The molecule has 34 heavy (non-hydrogen) atoms. The van der Waals surface area contributed by atoms with Gasteiger partial charge < -0.3 is 15.5 Å². The van der Waals surface area contributed by atoms with E-state index in [9.17, 15) is 17.6 Å². The molecule has 0 bridgehead atoms. The van der Waals surface area contributed by atoms with Gasteiger partial charge in [0, 0.05) is 55.6 Å². The highest BCUT2D eigenvalue weighted by Gasteiger charge is 2.27. The van der Waals surface area contributed by atoms with E-state index in [0.29, 0.717) is 18.4 Å². The molecule has 0 spiro atoms. The zero-order valence-corrected chi connectivity index (χ0v) is 20.5. The Balaban J connectivity index is 1.38. The molecule has 2 aromatic heterocycles. The highest BCUT2D eigenvalue weighted by atomic mass is 32.2. The number of pyridine rings is 2. The number of hydrogen-bond acceptors (Lipinski definition) is 6. The highest BCUT2D eigenvalue weighted by Crippen LogP contribution is 2.40. The molecule has 1 aliphatic heterocycles. The minimum absolute atomic E-state index is 0.0148. The Hall–Kier alpha value is -2.75. The van der Waals surface area contributed by atoms with Crippen molar-refractivity contribution in [2.75, 3.05) is 35.3 Å². The lowest BCUT2D eigenvalue weighted by molar-refractivity contribution is 0.251. The van der Waals surface area contributed by atoms with E-state index < -0.39 is 21.7 Å². The Morgan fingerprint density at radius 2 is 1.94 bits per heavy atom. The summed E-state index contributed by atoms with van der Waals surface area (Å²) >= 11 is 0. The van der Waals surface area contributed by atoms with Crippen LogP contribution >= 0.6 is 0 Å². The molecular formula is C24H32FN5O3S. The molecule has 2 aliphatic rings. The van der Waals surface area contributed by atoms with E-state index in [-0.39, 0.29) is 23.6 Å². The van der Waals surface area contributed by atoms with Crippen molar-refractivity contribution in [2.45, 2.75) is 51.5 Å². The molecule has 4 rings (SSSR count). The van der Waals surface area contributed by atoms with Crippen molar-refractivity contribution in [1.82, 2.24) is 15.3 Å². The van der Waals surface area contributed by atoms with Gasteiger partial charge >= 0.3 is 6.03 Å². The molecule has 1 aliphatic carbocycles. The molecule has 0 atom stereocenters. The van der Waals surface area contributed by atoms with Gasteiger partial charge in [0.05, 0.1) is 23.3 Å². The number of halogens is 1. The van der Waals surface area contributed by atoms with Gasteiger partial charge in [0.1, 0.15) is 21.5 Å². The van der Waals surface area contributed by atoms with Crippen LogP contribution in [0.3, 0.4) is 0 Å². The quantitative estimate of drug-likeness (QED) is 0.587. The van der Waals surface area contributed by atoms with E-state index in [2.05, 4.69) is 33.5 Å². The molecule has 3 heterocycles. The van der Waals surface area contributed by atoms with Gasteiger partial charge in [-0.05, 0) is 37.7 Å². The molecule has 1 saturated carbocycles. The fraction of sp³-hybridized carbons (Fsp3) is 0.542. The Labute approximate surface area is 200 Å². The highest BCUT2D eigenvalue weighted by molar-refractivity contribution is 7.90. The minimum atomic E-state index is -3.22. The summed E-state index contributed by atoms with van der Waals surface area (Å²) in [6, 6.07) is 4.77. The van der Waals surface area contributed by atoms with E-state index in [1.807, 2.05) is 6.07 Å². The molecule has 0 aromatic carbocycles. The summed E-state index contributed by atoms with van der Waals surface area (Å²) < 4.78 is 36.9. The number of carbonyl (C=O) groups excluding carboxylic acids is 1. The predicted octanol–water partition coefficient (Wildman–Crippen LogP) is 3.64. The zero-order chi connectivity index (χ0) is 24.3. The Morgan fingerprint density at radius 3 is 2.59 bits per heavy atom. The first-order chi connectivity index (χ1) is 16.2. The number of carbonyl (C=O) groups is 1. The Kier molecular flexibility index (Phi) is 7.35. The fourth-order valence-electron chi connectivity index (χ4n) is 4.08. The van der Waals surface area contributed by atoms with Crippen molar-refractivity contribution in [1.29, 1.82) is 0 Å². The van der Waals surface area contributed by atoms with Crippen LogP contribution in [0.25, 0.3) is 0 Å². The summed E-state index contributed by atoms with van der Waals surface area (Å²) in [5.74, 6) is 1.37. The van der Waals surface area contributed by atoms with Crippen LogP contribution < -0.4 is 15.5 Å². The van der Waals surface area contributed by atoms with Crippen molar-refractivity contribution >= 4 is 27.4 Å². The summed E-state index contributed by atoms with van der Waals surface area (Å²) in [6.45, 7) is 4.48. The number of piperidine rings is 1. The summed E-state index contributed by atoms with van der Waals surface area (Å²) in [5.41, 5.74) is 2.33. The van der Waals surface area contributed by atoms with E-state index >= 15 is 0 Å². The number of nitrogens with one attached hydrogen (secondary N) is 2. The minimum Gasteiger partial charge on any atom is -0.356 e. The van der Waals surface area contributed by atoms with Gasteiger partial charge in [0.15, 0.2) is 0 Å². The molecular weight excluding hydrogens is 457 g/mol. The van der Waals surface area contributed by atoms with Crippen LogP contribution in [0.4, 0.5) is 20.7 Å². The molecule has 10 heteroatoms. The molecule has 8 nitrogen and oxygen atoms in total. The number of aryl methyl sites for hydroxylation is 1. The van der Waals surface area contributed by atoms with E-state index in [0.717, 1.165) is 55.3 Å². The molecule has 1 saturated heterocycles. The third-order valence-electron chi connectivity index (χ3n) is 6.38. The van der Waals surface area contributed by atoms with Gasteiger partial charge in [-0.2, -0.15) is 0 Å². The van der Waals surface area contributed by atoms with Crippen molar-refractivity contribution in [2.24, 2.45) is 5.92 Å². The maximum Gasteiger partial charge on any atom is 0.319 e. The van der Waals surface area contributed by atoms with Crippen molar-refractivity contribution in [3.05, 3.63) is 47.2 Å². The third-order valence-corrected chi connectivity index (χ3v) is 7.33. The number of amides is 2. The lowest BCUT2D eigenvalue weighted by atomic mass is 9.99. The first-order valence-corrected chi connectivity index (χ1v) is 13.9. The largest absolute Gasteiger partial charge is 0.356 e. The average molecular weight is 490 g/mol. The Morgan fingerprint density at radius 1 is 1.21 bits per heavy atom. The lowest BCUT2D eigenvalue weighted by Gasteiger charge is -2.33. The van der Waals surface area contributed by atoms with E-state index in [1.165, 1.54) is 19.0 Å². The van der Waals surface area contributed by atoms with Crippen LogP contribution in [0.15, 0.2) is 24.4 Å². The van der Waals surface area contributed by atoms with Gasteiger partial charge in [-0.3, -0.25) is 4.98 Å². The maximum absolute atomic E-state index is 14.3. The fourth-order valence-corrected chi connectivity index (χ4v) is 4.65. The molecule has 0 radical (unpaired) electrons. The summed E-state index contributed by atoms with van der Waals surface area (Å²) in [7, 11) is -3.22. The van der Waals surface area contributed by atoms with E-state index in [4.69, 9.17) is 4.98 Å². The predicted molar refractivity (Wildman–Crippen MR) is 130 cm³/mol. The van der Waals surface area contributed by atoms with Crippen molar-refractivity contribution in [3.8, 4) is 0 Å². The summed E-state index contributed by atoms with van der Waals surface area (Å²) in [6.07, 6.45) is 7.02. The molecule has 2 fully saturated rings. The van der Waals surface area contributed by atoms with Gasteiger partial charge in [-0.25, -0.2) is 22.6 Å². The monoisotopic (exact) mass is 489 g/mol. The topological polar surface area (TPSA) is 104 Å². The molecule has 2 amide bonds. The number of urea groups is 1. The van der Waals surface area contributed by atoms with Crippen LogP contribution in [0.1, 0.15) is 55.5 Å². The number of hydrogen-bond donors (Lipinski definition) is 2. The smallest absolute Gasteiger partial charge is 0.319 e. The van der Waals surface area contributed by atoms with Crippen LogP contribution in [0.2, 0.25) is 0 Å². The Bertz CT molecular complexity index is 1150. The zero-order valence-electron chi connectivity index (χ0n) is 19.7. The standard InChI is InChI=1S/C24H32FN5O3S/c1-16-7-10-30(11-8-16)23-18(5-6-21(29-23)17-3-4-17)14-27-24(31)28-19-13-20(25)22(26-15-19)9-12-34(2,32)33/h5-6,13,15-17H,3-4,7-12,14H2,1-2H3,(H2,27,28,31). The number of rotatable bonds is 8. The van der Waals surface area contributed by atoms with Crippen LogP contribution in [0, 0.1) is 11.7 Å². The average Bonchev–Trinajstić information content (AvgIpc) is 3.62. The van der Waals surface area contributed by atoms with Crippen LogP contribution in [0.5, 0.6) is 0 Å². The SMILES string of the molecule is CC1CCN(c2nc(C3CC3)ccc2CNC(=O)Nc2cnc(CCS(C)(=O)=O)c(F)c2)CC1.